The summed E-state index contributed by atoms with van der Waals surface area (Å²) < 4.78 is 1.50. The van der Waals surface area contributed by atoms with Crippen molar-refractivity contribution >= 4 is 50.6 Å². The standard InChI is InChI=1S/C18H20N4O2S2/c1-11(15(23)19-12-5-7-13(8-6-12)21(2)3)26-18-20-16-14(9-10-25-16)17(24)22(18)4/h5-11H,1-4H3,(H,19,23)/t11-/m1/s1. The number of benzene rings is 1. The average molecular weight is 389 g/mol. The zero-order valence-corrected chi connectivity index (χ0v) is 16.6. The number of hydrogen-bond acceptors (Lipinski definition) is 6. The minimum Gasteiger partial charge on any atom is -0.378 e. The molecular weight excluding hydrogens is 368 g/mol. The Labute approximate surface area is 159 Å². The highest BCUT2D eigenvalue weighted by Gasteiger charge is 2.18. The van der Waals surface area contributed by atoms with Crippen LogP contribution in [-0.2, 0) is 11.8 Å². The molecule has 1 N–H and O–H groups in total. The van der Waals surface area contributed by atoms with Gasteiger partial charge in [0.25, 0.3) is 5.56 Å². The molecule has 3 rings (SSSR count). The van der Waals surface area contributed by atoms with Gasteiger partial charge in [-0.2, -0.15) is 0 Å². The number of nitrogens with one attached hydrogen (secondary N) is 1. The van der Waals surface area contributed by atoms with Gasteiger partial charge < -0.3 is 10.2 Å². The van der Waals surface area contributed by atoms with Crippen molar-refractivity contribution in [2.45, 2.75) is 17.3 Å². The number of nitrogens with zero attached hydrogens (tertiary/aromatic N) is 3. The molecule has 0 spiro atoms. The largest absolute Gasteiger partial charge is 0.378 e. The van der Waals surface area contributed by atoms with E-state index in [4.69, 9.17) is 0 Å². The Morgan fingerprint density at radius 1 is 1.27 bits per heavy atom. The molecule has 0 aliphatic rings. The fraction of sp³-hybridized carbons (Fsp3) is 0.278. The summed E-state index contributed by atoms with van der Waals surface area (Å²) in [5.41, 5.74) is 1.71. The Morgan fingerprint density at radius 2 is 1.96 bits per heavy atom. The fourth-order valence-corrected chi connectivity index (χ4v) is 4.06. The number of thiophene rings is 1. The SMILES string of the molecule is C[C@@H](Sc1nc2sccc2c(=O)n1C)C(=O)Nc1ccc(N(C)C)cc1. The molecule has 0 saturated carbocycles. The summed E-state index contributed by atoms with van der Waals surface area (Å²) in [7, 11) is 5.61. The van der Waals surface area contributed by atoms with E-state index in [-0.39, 0.29) is 16.7 Å². The average Bonchev–Trinajstić information content (AvgIpc) is 3.08. The van der Waals surface area contributed by atoms with Crippen LogP contribution >= 0.6 is 23.1 Å². The van der Waals surface area contributed by atoms with E-state index in [2.05, 4.69) is 10.3 Å². The van der Waals surface area contributed by atoms with Gasteiger partial charge in [0.15, 0.2) is 5.16 Å². The number of fused-ring (bicyclic) bond motifs is 1. The van der Waals surface area contributed by atoms with Gasteiger partial charge in [0, 0.05) is 32.5 Å². The molecule has 2 heterocycles. The maximum Gasteiger partial charge on any atom is 0.262 e. The number of carbonyl (C=O) groups excluding carboxylic acids is 1. The van der Waals surface area contributed by atoms with Crippen LogP contribution in [0.4, 0.5) is 11.4 Å². The molecule has 26 heavy (non-hydrogen) atoms. The van der Waals surface area contributed by atoms with Crippen molar-refractivity contribution < 1.29 is 4.79 Å². The van der Waals surface area contributed by atoms with E-state index in [9.17, 15) is 9.59 Å². The Kier molecular flexibility index (Phi) is 5.33. The minimum absolute atomic E-state index is 0.0920. The second-order valence-corrected chi connectivity index (χ2v) is 8.29. The first-order chi connectivity index (χ1) is 12.4. The maximum absolute atomic E-state index is 12.5. The zero-order valence-electron chi connectivity index (χ0n) is 15.0. The smallest absolute Gasteiger partial charge is 0.262 e. The second-order valence-electron chi connectivity index (χ2n) is 6.09. The number of amides is 1. The van der Waals surface area contributed by atoms with Crippen LogP contribution < -0.4 is 15.8 Å². The molecule has 1 atom stereocenters. The van der Waals surface area contributed by atoms with Crippen molar-refractivity contribution in [3.63, 3.8) is 0 Å². The lowest BCUT2D eigenvalue weighted by molar-refractivity contribution is -0.115. The molecule has 6 nitrogen and oxygen atoms in total. The van der Waals surface area contributed by atoms with Gasteiger partial charge >= 0.3 is 0 Å². The van der Waals surface area contributed by atoms with E-state index in [1.54, 1.807) is 20.0 Å². The van der Waals surface area contributed by atoms with Crippen molar-refractivity contribution in [3.05, 3.63) is 46.1 Å². The van der Waals surface area contributed by atoms with E-state index >= 15 is 0 Å². The third kappa shape index (κ3) is 3.76. The number of anilines is 2. The van der Waals surface area contributed by atoms with Crippen LogP contribution in [-0.4, -0.2) is 34.8 Å². The Bertz CT molecular complexity index is 993. The maximum atomic E-state index is 12.5. The van der Waals surface area contributed by atoms with Gasteiger partial charge in [-0.15, -0.1) is 11.3 Å². The number of rotatable bonds is 5. The van der Waals surface area contributed by atoms with E-state index in [0.717, 1.165) is 11.4 Å². The molecule has 0 aliphatic heterocycles. The molecule has 0 radical (unpaired) electrons. The van der Waals surface area contributed by atoms with Crippen molar-refractivity contribution in [2.24, 2.45) is 7.05 Å². The molecule has 0 unspecified atom stereocenters. The molecule has 3 aromatic rings. The monoisotopic (exact) mass is 388 g/mol. The molecule has 8 heteroatoms. The van der Waals surface area contributed by atoms with Crippen molar-refractivity contribution in [3.8, 4) is 0 Å². The summed E-state index contributed by atoms with van der Waals surface area (Å²) in [6.07, 6.45) is 0. The molecule has 1 amide bonds. The summed E-state index contributed by atoms with van der Waals surface area (Å²) in [4.78, 5) is 32.1. The van der Waals surface area contributed by atoms with Gasteiger partial charge in [0.2, 0.25) is 5.91 Å². The summed E-state index contributed by atoms with van der Waals surface area (Å²) in [5.74, 6) is -0.131. The predicted molar refractivity (Wildman–Crippen MR) is 110 cm³/mol. The van der Waals surface area contributed by atoms with Crippen LogP contribution in [0.5, 0.6) is 0 Å². The van der Waals surface area contributed by atoms with Crippen molar-refractivity contribution in [2.75, 3.05) is 24.3 Å². The number of thioether (sulfide) groups is 1. The second kappa shape index (κ2) is 7.51. The van der Waals surface area contributed by atoms with Crippen LogP contribution in [0.1, 0.15) is 6.92 Å². The van der Waals surface area contributed by atoms with E-state index in [1.165, 1.54) is 27.7 Å². The zero-order chi connectivity index (χ0) is 18.8. The summed E-state index contributed by atoms with van der Waals surface area (Å²) in [5, 5.41) is 5.51. The first kappa shape index (κ1) is 18.5. The molecule has 136 valence electrons. The normalized spacial score (nSPS) is 12.2. The van der Waals surface area contributed by atoms with Gasteiger partial charge in [0.1, 0.15) is 4.83 Å². The quantitative estimate of drug-likeness (QED) is 0.537. The third-order valence-electron chi connectivity index (χ3n) is 3.97. The van der Waals surface area contributed by atoms with Crippen molar-refractivity contribution in [1.82, 2.24) is 9.55 Å². The van der Waals surface area contributed by atoms with Gasteiger partial charge in [-0.1, -0.05) is 11.8 Å². The summed E-state index contributed by atoms with van der Waals surface area (Å²) >= 11 is 2.70. The van der Waals surface area contributed by atoms with Gasteiger partial charge in [0.05, 0.1) is 10.6 Å². The fourth-order valence-electron chi connectivity index (χ4n) is 2.38. The lowest BCUT2D eigenvalue weighted by atomic mass is 10.2. The predicted octanol–water partition coefficient (Wildman–Crippen LogP) is 3.18. The molecule has 0 aliphatic carbocycles. The Balaban J connectivity index is 1.73. The van der Waals surface area contributed by atoms with Crippen LogP contribution in [0.2, 0.25) is 0 Å². The molecular formula is C18H20N4O2S2. The van der Waals surface area contributed by atoms with Crippen LogP contribution in [0.15, 0.2) is 45.7 Å². The van der Waals surface area contributed by atoms with E-state index in [0.29, 0.717) is 15.4 Å². The number of hydrogen-bond donors (Lipinski definition) is 1. The van der Waals surface area contributed by atoms with Crippen LogP contribution in [0.3, 0.4) is 0 Å². The van der Waals surface area contributed by atoms with E-state index in [1.807, 2.05) is 48.6 Å². The topological polar surface area (TPSA) is 67.2 Å². The molecule has 0 fully saturated rings. The van der Waals surface area contributed by atoms with Crippen molar-refractivity contribution in [1.29, 1.82) is 0 Å². The molecule has 2 aromatic heterocycles. The first-order valence-corrected chi connectivity index (χ1v) is 9.82. The van der Waals surface area contributed by atoms with Gasteiger partial charge in [-0.3, -0.25) is 14.2 Å². The minimum atomic E-state index is -0.390. The van der Waals surface area contributed by atoms with Gasteiger partial charge in [-0.25, -0.2) is 4.98 Å². The van der Waals surface area contributed by atoms with E-state index < -0.39 is 0 Å². The Hall–Kier alpha value is -2.32. The number of carbonyl (C=O) groups is 1. The summed E-state index contributed by atoms with van der Waals surface area (Å²) in [6.45, 7) is 1.80. The number of aromatic nitrogens is 2. The van der Waals surface area contributed by atoms with Crippen LogP contribution in [0.25, 0.3) is 10.2 Å². The summed E-state index contributed by atoms with van der Waals surface area (Å²) in [6, 6.07) is 9.41. The third-order valence-corrected chi connectivity index (χ3v) is 5.92. The lowest BCUT2D eigenvalue weighted by Crippen LogP contribution is -2.25. The highest BCUT2D eigenvalue weighted by atomic mass is 32.2. The molecule has 0 saturated heterocycles. The Morgan fingerprint density at radius 3 is 2.62 bits per heavy atom. The van der Waals surface area contributed by atoms with Crippen LogP contribution in [0, 0.1) is 0 Å². The van der Waals surface area contributed by atoms with Gasteiger partial charge in [-0.05, 0) is 42.6 Å². The highest BCUT2D eigenvalue weighted by molar-refractivity contribution is 8.00. The lowest BCUT2D eigenvalue weighted by Gasteiger charge is -2.15. The molecule has 1 aromatic carbocycles. The molecule has 0 bridgehead atoms. The highest BCUT2D eigenvalue weighted by Crippen LogP contribution is 2.25. The first-order valence-electron chi connectivity index (χ1n) is 8.06.